The van der Waals surface area contributed by atoms with E-state index in [1.54, 1.807) is 32.1 Å². The largest absolute Gasteiger partial charge is 0.471 e. The molecule has 1 rings (SSSR count). The number of hydrogen-bond acceptors (Lipinski definition) is 3. The summed E-state index contributed by atoms with van der Waals surface area (Å²) in [5.41, 5.74) is 0.507. The maximum Gasteiger partial charge on any atom is 0.471 e. The molecule has 1 heterocycles. The molecular formula is C11H15F3N2O. The molecule has 3 nitrogen and oxygen atoms in total. The standard InChI is InChI=1S/C9H9F3N2O.C2H6/c1-3-4-5-6(2)7-13-8(15-14-7)9(10,11)12;1-2/h3-5H,1-2H3;1-2H3/b4-3-,6-5+;. The van der Waals surface area contributed by atoms with Crippen LogP contribution < -0.4 is 0 Å². The molecule has 96 valence electrons. The fourth-order valence-corrected chi connectivity index (χ4v) is 0.814. The van der Waals surface area contributed by atoms with Gasteiger partial charge in [0.15, 0.2) is 5.82 Å². The van der Waals surface area contributed by atoms with Gasteiger partial charge in [0.1, 0.15) is 0 Å². The van der Waals surface area contributed by atoms with Crippen LogP contribution in [0.1, 0.15) is 39.4 Å². The predicted octanol–water partition coefficient (Wildman–Crippen LogP) is 4.09. The third-order valence-electron chi connectivity index (χ3n) is 1.56. The Labute approximate surface area is 98.0 Å². The summed E-state index contributed by atoms with van der Waals surface area (Å²) in [6, 6.07) is 0. The van der Waals surface area contributed by atoms with Crippen LogP contribution in [0.4, 0.5) is 13.2 Å². The number of hydrogen-bond donors (Lipinski definition) is 0. The molecule has 0 N–H and O–H groups in total. The molecule has 0 amide bonds. The predicted molar refractivity (Wildman–Crippen MR) is 59.1 cm³/mol. The van der Waals surface area contributed by atoms with Crippen molar-refractivity contribution in [3.63, 3.8) is 0 Å². The summed E-state index contributed by atoms with van der Waals surface area (Å²) in [7, 11) is 0. The molecule has 6 heteroatoms. The summed E-state index contributed by atoms with van der Waals surface area (Å²) < 4.78 is 40.3. The molecule has 0 saturated carbocycles. The average Bonchev–Trinajstić information content (AvgIpc) is 2.77. The molecule has 0 aliphatic rings. The van der Waals surface area contributed by atoms with Gasteiger partial charge in [-0.3, -0.25) is 0 Å². The van der Waals surface area contributed by atoms with E-state index in [2.05, 4.69) is 14.7 Å². The molecule has 0 spiro atoms. The van der Waals surface area contributed by atoms with Gasteiger partial charge in [0.2, 0.25) is 0 Å². The van der Waals surface area contributed by atoms with Gasteiger partial charge >= 0.3 is 12.1 Å². The Morgan fingerprint density at radius 1 is 1.29 bits per heavy atom. The van der Waals surface area contributed by atoms with Crippen molar-refractivity contribution in [1.29, 1.82) is 0 Å². The normalized spacial score (nSPS) is 12.5. The second-order valence-corrected chi connectivity index (χ2v) is 2.80. The van der Waals surface area contributed by atoms with Crippen LogP contribution in [-0.2, 0) is 6.18 Å². The Morgan fingerprint density at radius 2 is 1.88 bits per heavy atom. The summed E-state index contributed by atoms with van der Waals surface area (Å²) >= 11 is 0. The van der Waals surface area contributed by atoms with Crippen molar-refractivity contribution in [1.82, 2.24) is 10.1 Å². The fourth-order valence-electron chi connectivity index (χ4n) is 0.814. The van der Waals surface area contributed by atoms with Gasteiger partial charge in [0.05, 0.1) is 0 Å². The second kappa shape index (κ2) is 6.88. The molecule has 0 unspecified atom stereocenters. The zero-order chi connectivity index (χ0) is 13.5. The second-order valence-electron chi connectivity index (χ2n) is 2.80. The summed E-state index contributed by atoms with van der Waals surface area (Å²) in [5.74, 6) is -1.38. The molecule has 0 radical (unpaired) electrons. The van der Waals surface area contributed by atoms with E-state index < -0.39 is 12.1 Å². The smallest absolute Gasteiger partial charge is 0.329 e. The van der Waals surface area contributed by atoms with E-state index in [1.807, 2.05) is 13.8 Å². The number of nitrogens with zero attached hydrogens (tertiary/aromatic N) is 2. The first-order valence-electron chi connectivity index (χ1n) is 5.16. The lowest BCUT2D eigenvalue weighted by Gasteiger charge is -1.95. The molecule has 0 aromatic carbocycles. The highest BCUT2D eigenvalue weighted by Crippen LogP contribution is 2.28. The van der Waals surface area contributed by atoms with Gasteiger partial charge in [-0.2, -0.15) is 18.2 Å². The molecule has 0 saturated heterocycles. The molecule has 1 aromatic heterocycles. The molecule has 1 aromatic rings. The van der Waals surface area contributed by atoms with Crippen LogP contribution in [-0.4, -0.2) is 10.1 Å². The molecule has 0 bridgehead atoms. The monoisotopic (exact) mass is 248 g/mol. The fraction of sp³-hybridized carbons (Fsp3) is 0.455. The van der Waals surface area contributed by atoms with Crippen molar-refractivity contribution >= 4 is 5.57 Å². The number of halogens is 3. The lowest BCUT2D eigenvalue weighted by molar-refractivity contribution is -0.159. The van der Waals surface area contributed by atoms with Crippen LogP contribution in [0, 0.1) is 0 Å². The van der Waals surface area contributed by atoms with Crippen LogP contribution in [0.25, 0.3) is 5.57 Å². The van der Waals surface area contributed by atoms with Crippen molar-refractivity contribution in [2.75, 3.05) is 0 Å². The summed E-state index contributed by atoms with van der Waals surface area (Å²) in [4.78, 5) is 3.23. The van der Waals surface area contributed by atoms with Gasteiger partial charge in [-0.15, -0.1) is 0 Å². The minimum atomic E-state index is -4.59. The van der Waals surface area contributed by atoms with Crippen molar-refractivity contribution in [2.45, 2.75) is 33.9 Å². The number of rotatable bonds is 2. The first kappa shape index (κ1) is 15.4. The topological polar surface area (TPSA) is 38.9 Å². The van der Waals surface area contributed by atoms with E-state index in [0.717, 1.165) is 0 Å². The third kappa shape index (κ3) is 4.84. The molecule has 0 aliphatic heterocycles. The highest BCUT2D eigenvalue weighted by atomic mass is 19.4. The molecule has 0 atom stereocenters. The van der Waals surface area contributed by atoms with E-state index in [0.29, 0.717) is 5.57 Å². The van der Waals surface area contributed by atoms with Crippen molar-refractivity contribution in [2.24, 2.45) is 0 Å². The molecule has 0 aliphatic carbocycles. The maximum atomic E-state index is 12.1. The molecular weight excluding hydrogens is 233 g/mol. The maximum absolute atomic E-state index is 12.1. The zero-order valence-corrected chi connectivity index (χ0v) is 10.2. The number of aromatic nitrogens is 2. The molecule has 0 fully saturated rings. The number of allylic oxidation sites excluding steroid dienone is 4. The Hall–Kier alpha value is -1.59. The van der Waals surface area contributed by atoms with Gasteiger partial charge in [0, 0.05) is 0 Å². The minimum absolute atomic E-state index is 0.0552. The Kier molecular flexibility index (Phi) is 6.23. The Balaban J connectivity index is 0.00000121. The first-order chi connectivity index (χ1) is 7.95. The van der Waals surface area contributed by atoms with Crippen LogP contribution in [0.5, 0.6) is 0 Å². The Morgan fingerprint density at radius 3 is 2.29 bits per heavy atom. The lowest BCUT2D eigenvalue weighted by Crippen LogP contribution is -2.05. The van der Waals surface area contributed by atoms with Gasteiger partial charge in [-0.1, -0.05) is 37.2 Å². The minimum Gasteiger partial charge on any atom is -0.329 e. The lowest BCUT2D eigenvalue weighted by atomic mass is 10.2. The molecule has 17 heavy (non-hydrogen) atoms. The highest BCUT2D eigenvalue weighted by molar-refractivity contribution is 5.58. The average molecular weight is 248 g/mol. The quantitative estimate of drug-likeness (QED) is 0.740. The highest BCUT2D eigenvalue weighted by Gasteiger charge is 2.38. The summed E-state index contributed by atoms with van der Waals surface area (Å²) in [5, 5.41) is 3.23. The van der Waals surface area contributed by atoms with Crippen molar-refractivity contribution < 1.29 is 17.7 Å². The van der Waals surface area contributed by atoms with Gasteiger partial charge in [-0.05, 0) is 19.4 Å². The van der Waals surface area contributed by atoms with E-state index >= 15 is 0 Å². The SMILES string of the molecule is C/C=C\C=C(/C)c1noc(C(F)(F)F)n1.CC. The van der Waals surface area contributed by atoms with Gasteiger partial charge in [-0.25, -0.2) is 0 Å². The van der Waals surface area contributed by atoms with Crippen molar-refractivity contribution in [3.05, 3.63) is 29.9 Å². The Bertz CT molecular complexity index is 392. The van der Waals surface area contributed by atoms with Crippen LogP contribution >= 0.6 is 0 Å². The van der Waals surface area contributed by atoms with Gasteiger partial charge < -0.3 is 4.52 Å². The van der Waals surface area contributed by atoms with Crippen LogP contribution in [0.3, 0.4) is 0 Å². The van der Waals surface area contributed by atoms with E-state index in [9.17, 15) is 13.2 Å². The van der Waals surface area contributed by atoms with Gasteiger partial charge in [0.25, 0.3) is 0 Å². The van der Waals surface area contributed by atoms with E-state index in [4.69, 9.17) is 0 Å². The van der Waals surface area contributed by atoms with Crippen LogP contribution in [0.2, 0.25) is 0 Å². The zero-order valence-electron chi connectivity index (χ0n) is 10.2. The first-order valence-corrected chi connectivity index (χ1v) is 5.16. The summed E-state index contributed by atoms with van der Waals surface area (Å²) in [6.45, 7) is 7.39. The van der Waals surface area contributed by atoms with Crippen molar-refractivity contribution in [3.8, 4) is 0 Å². The third-order valence-corrected chi connectivity index (χ3v) is 1.56. The van der Waals surface area contributed by atoms with E-state index in [1.165, 1.54) is 0 Å². The van der Waals surface area contributed by atoms with E-state index in [-0.39, 0.29) is 5.82 Å². The summed E-state index contributed by atoms with van der Waals surface area (Å²) in [6.07, 6.45) is 0.435. The van der Waals surface area contributed by atoms with Crippen LogP contribution in [0.15, 0.2) is 22.8 Å². The number of alkyl halides is 3.